The lowest BCUT2D eigenvalue weighted by atomic mass is 9.74. The van der Waals surface area contributed by atoms with Gasteiger partial charge in [-0.25, -0.2) is 0 Å². The van der Waals surface area contributed by atoms with Gasteiger partial charge < -0.3 is 14.2 Å². The van der Waals surface area contributed by atoms with Gasteiger partial charge in [0.15, 0.2) is 11.5 Å². The molecule has 1 aliphatic carbocycles. The number of allylic oxidation sites excluding steroid dienone is 3. The average Bonchev–Trinajstić information content (AvgIpc) is 2.37. The van der Waals surface area contributed by atoms with E-state index in [-0.39, 0.29) is 11.3 Å². The molecule has 0 heterocycles. The Kier molecular flexibility index (Phi) is 4.99. The molecule has 0 aromatic carbocycles. The number of hydrogen-bond acceptors (Lipinski definition) is 4. The fourth-order valence-electron chi connectivity index (χ4n) is 2.10. The van der Waals surface area contributed by atoms with Crippen LogP contribution in [0.2, 0.25) is 0 Å². The molecule has 4 heteroatoms. The summed E-state index contributed by atoms with van der Waals surface area (Å²) in [5.74, 6) is 1.41. The third-order valence-electron chi connectivity index (χ3n) is 3.07. The Morgan fingerprint density at radius 2 is 2.00 bits per heavy atom. The number of methoxy groups -OCH3 is 3. The molecule has 0 aliphatic heterocycles. The molecule has 0 bridgehead atoms. The molecule has 0 saturated heterocycles. The first-order valence-corrected chi connectivity index (χ1v) is 5.69. The van der Waals surface area contributed by atoms with E-state index >= 15 is 0 Å². The molecule has 0 fully saturated rings. The van der Waals surface area contributed by atoms with Crippen LogP contribution in [0.1, 0.15) is 6.92 Å². The first-order valence-electron chi connectivity index (χ1n) is 5.69. The molecule has 0 aromatic heterocycles. The van der Waals surface area contributed by atoms with Crippen LogP contribution in [0, 0.1) is 22.7 Å². The van der Waals surface area contributed by atoms with Crippen molar-refractivity contribution in [3.63, 3.8) is 0 Å². The summed E-state index contributed by atoms with van der Waals surface area (Å²) in [7, 11) is 4.87. The van der Waals surface area contributed by atoms with Crippen molar-refractivity contribution in [1.29, 1.82) is 5.26 Å². The largest absolute Gasteiger partial charge is 0.493 e. The van der Waals surface area contributed by atoms with Gasteiger partial charge in [-0.15, -0.1) is 0 Å². The maximum atomic E-state index is 8.66. The van der Waals surface area contributed by atoms with Gasteiger partial charge in [0.1, 0.15) is 0 Å². The van der Waals surface area contributed by atoms with Gasteiger partial charge in [-0.05, 0) is 12.2 Å². The summed E-state index contributed by atoms with van der Waals surface area (Å²) >= 11 is 0. The van der Waals surface area contributed by atoms with Gasteiger partial charge in [-0.2, -0.15) is 5.26 Å². The van der Waals surface area contributed by atoms with Gasteiger partial charge >= 0.3 is 0 Å². The van der Waals surface area contributed by atoms with Crippen LogP contribution in [0.5, 0.6) is 0 Å². The van der Waals surface area contributed by atoms with Crippen LogP contribution in [0.15, 0.2) is 35.8 Å². The number of hydrogen-bond donors (Lipinski definition) is 0. The molecule has 4 nitrogen and oxygen atoms in total. The predicted molar refractivity (Wildman–Crippen MR) is 68.4 cm³/mol. The summed E-state index contributed by atoms with van der Waals surface area (Å²) in [6, 6.07) is 2.01. The van der Waals surface area contributed by atoms with Gasteiger partial charge in [0.2, 0.25) is 0 Å². The monoisotopic (exact) mass is 249 g/mol. The maximum Gasteiger partial charge on any atom is 0.157 e. The Morgan fingerprint density at radius 1 is 1.33 bits per heavy atom. The molecular weight excluding hydrogens is 230 g/mol. The molecule has 0 saturated carbocycles. The second-order valence-electron chi connectivity index (χ2n) is 4.40. The number of nitrogens with zero attached hydrogens (tertiary/aromatic N) is 1. The van der Waals surface area contributed by atoms with E-state index in [1.165, 1.54) is 6.08 Å². The van der Waals surface area contributed by atoms with Gasteiger partial charge in [0.25, 0.3) is 0 Å². The van der Waals surface area contributed by atoms with Crippen LogP contribution >= 0.6 is 0 Å². The summed E-state index contributed by atoms with van der Waals surface area (Å²) in [5, 5.41) is 8.66. The van der Waals surface area contributed by atoms with E-state index in [1.54, 1.807) is 21.3 Å². The van der Waals surface area contributed by atoms with Crippen molar-refractivity contribution >= 4 is 0 Å². The Bertz CT molecular complexity index is 417. The van der Waals surface area contributed by atoms with E-state index in [0.29, 0.717) is 18.1 Å². The maximum absolute atomic E-state index is 8.66. The van der Waals surface area contributed by atoms with Crippen LogP contribution in [-0.4, -0.2) is 27.9 Å². The standard InChI is InChI=1S/C14H19NO3/c1-14(10-16-2)9-13(18-4)12(17-3)8-11(14)6-5-7-15/h5-6,8-9,11H,10H2,1-4H3. The van der Waals surface area contributed by atoms with Crippen molar-refractivity contribution < 1.29 is 14.2 Å². The molecule has 0 amide bonds. The van der Waals surface area contributed by atoms with Gasteiger partial charge in [0, 0.05) is 24.5 Å². The number of nitriles is 1. The first-order chi connectivity index (χ1) is 8.61. The fourth-order valence-corrected chi connectivity index (χ4v) is 2.10. The number of rotatable bonds is 5. The molecule has 1 rings (SSSR count). The quantitative estimate of drug-likeness (QED) is 0.702. The Morgan fingerprint density at radius 3 is 2.50 bits per heavy atom. The molecule has 98 valence electrons. The summed E-state index contributed by atoms with van der Waals surface area (Å²) < 4.78 is 15.9. The van der Waals surface area contributed by atoms with E-state index < -0.39 is 0 Å². The normalized spacial score (nSPS) is 27.4. The van der Waals surface area contributed by atoms with Crippen molar-refractivity contribution in [1.82, 2.24) is 0 Å². The van der Waals surface area contributed by atoms with Crippen molar-refractivity contribution in [3.8, 4) is 6.07 Å². The minimum absolute atomic E-state index is 0.0333. The van der Waals surface area contributed by atoms with E-state index in [2.05, 4.69) is 6.92 Å². The molecule has 0 radical (unpaired) electrons. The van der Waals surface area contributed by atoms with E-state index in [1.807, 2.05) is 24.3 Å². The average molecular weight is 249 g/mol. The van der Waals surface area contributed by atoms with Crippen molar-refractivity contribution in [2.24, 2.45) is 11.3 Å². The third-order valence-corrected chi connectivity index (χ3v) is 3.07. The Labute approximate surface area is 108 Å². The lowest BCUT2D eigenvalue weighted by molar-refractivity contribution is 0.0954. The second kappa shape index (κ2) is 6.27. The SMILES string of the molecule is COCC1(C)C=C(OC)C(OC)=CC1C=CC#N. The van der Waals surface area contributed by atoms with Crippen LogP contribution in [-0.2, 0) is 14.2 Å². The van der Waals surface area contributed by atoms with Crippen molar-refractivity contribution in [3.05, 3.63) is 35.8 Å². The lowest BCUT2D eigenvalue weighted by Crippen LogP contribution is -2.31. The summed E-state index contributed by atoms with van der Waals surface area (Å²) in [5.41, 5.74) is -0.254. The van der Waals surface area contributed by atoms with Crippen LogP contribution in [0.4, 0.5) is 0 Å². The van der Waals surface area contributed by atoms with Crippen molar-refractivity contribution in [2.75, 3.05) is 27.9 Å². The molecule has 2 atom stereocenters. The third kappa shape index (κ3) is 2.93. The van der Waals surface area contributed by atoms with Gasteiger partial charge in [-0.3, -0.25) is 0 Å². The highest BCUT2D eigenvalue weighted by Crippen LogP contribution is 2.39. The highest BCUT2D eigenvalue weighted by Gasteiger charge is 2.35. The topological polar surface area (TPSA) is 51.5 Å². The minimum Gasteiger partial charge on any atom is -0.493 e. The highest BCUT2D eigenvalue weighted by molar-refractivity contribution is 5.33. The lowest BCUT2D eigenvalue weighted by Gasteiger charge is -2.35. The van der Waals surface area contributed by atoms with E-state index in [0.717, 1.165) is 0 Å². The van der Waals surface area contributed by atoms with Gasteiger partial charge in [-0.1, -0.05) is 13.0 Å². The summed E-state index contributed by atoms with van der Waals surface area (Å²) in [6.45, 7) is 2.60. The predicted octanol–water partition coefficient (Wildman–Crippen LogP) is 2.41. The van der Waals surface area contributed by atoms with Crippen LogP contribution in [0.25, 0.3) is 0 Å². The molecule has 2 unspecified atom stereocenters. The first kappa shape index (κ1) is 14.3. The van der Waals surface area contributed by atoms with Crippen molar-refractivity contribution in [2.45, 2.75) is 6.92 Å². The van der Waals surface area contributed by atoms with Crippen LogP contribution < -0.4 is 0 Å². The molecule has 0 N–H and O–H groups in total. The molecule has 1 aliphatic rings. The van der Waals surface area contributed by atoms with E-state index in [4.69, 9.17) is 19.5 Å². The summed E-state index contributed by atoms with van der Waals surface area (Å²) in [6.07, 6.45) is 7.27. The highest BCUT2D eigenvalue weighted by atomic mass is 16.5. The fraction of sp³-hybridized carbons (Fsp3) is 0.500. The van der Waals surface area contributed by atoms with Crippen LogP contribution in [0.3, 0.4) is 0 Å². The smallest absolute Gasteiger partial charge is 0.157 e. The zero-order chi connectivity index (χ0) is 13.6. The zero-order valence-electron chi connectivity index (χ0n) is 11.3. The Balaban J connectivity index is 3.14. The second-order valence-corrected chi connectivity index (χ2v) is 4.40. The molecular formula is C14H19NO3. The Hall–Kier alpha value is -1.73. The zero-order valence-corrected chi connectivity index (χ0v) is 11.3. The molecule has 0 spiro atoms. The molecule has 0 aromatic rings. The molecule has 18 heavy (non-hydrogen) atoms. The number of ether oxygens (including phenoxy) is 3. The van der Waals surface area contributed by atoms with Gasteiger partial charge in [0.05, 0.1) is 26.9 Å². The minimum atomic E-state index is -0.254. The van der Waals surface area contributed by atoms with E-state index in [9.17, 15) is 0 Å². The summed E-state index contributed by atoms with van der Waals surface area (Å²) in [4.78, 5) is 0.